The minimum atomic E-state index is 0.535. The highest BCUT2D eigenvalue weighted by atomic mass is 79.9. The van der Waals surface area contributed by atoms with Crippen LogP contribution in [0, 0.1) is 0 Å². The summed E-state index contributed by atoms with van der Waals surface area (Å²) in [7, 11) is 0. The Morgan fingerprint density at radius 3 is 2.29 bits per heavy atom. The zero-order chi connectivity index (χ0) is 16.8. The van der Waals surface area contributed by atoms with E-state index in [1.54, 1.807) is 6.20 Å². The molecule has 0 aliphatic carbocycles. The Bertz CT molecular complexity index is 791. The molecule has 2 N–H and O–H groups in total. The molecule has 1 aromatic heterocycles. The smallest absolute Gasteiger partial charge is 0.229 e. The molecule has 0 saturated carbocycles. The van der Waals surface area contributed by atoms with Gasteiger partial charge in [0, 0.05) is 22.0 Å². The second kappa shape index (κ2) is 7.79. The predicted octanol–water partition coefficient (Wildman–Crippen LogP) is 5.13. The van der Waals surface area contributed by atoms with Crippen LogP contribution in [-0.2, 0) is 0 Å². The summed E-state index contributed by atoms with van der Waals surface area (Å²) in [5.74, 6) is 2.10. The zero-order valence-electron chi connectivity index (χ0n) is 13.2. The van der Waals surface area contributed by atoms with Crippen LogP contribution in [0.1, 0.15) is 6.92 Å². The Balaban J connectivity index is 1.69. The normalized spacial score (nSPS) is 10.2. The summed E-state index contributed by atoms with van der Waals surface area (Å²) in [6.45, 7) is 2.62. The minimum absolute atomic E-state index is 0.535. The molecule has 5 nitrogen and oxygen atoms in total. The third-order valence-corrected chi connectivity index (χ3v) is 3.72. The molecule has 122 valence electrons. The molecule has 0 unspecified atom stereocenters. The van der Waals surface area contributed by atoms with Crippen LogP contribution in [0.3, 0.4) is 0 Å². The van der Waals surface area contributed by atoms with Crippen LogP contribution in [0.5, 0.6) is 5.75 Å². The first-order valence-corrected chi connectivity index (χ1v) is 8.38. The van der Waals surface area contributed by atoms with Crippen molar-refractivity contribution in [3.05, 3.63) is 65.3 Å². The zero-order valence-corrected chi connectivity index (χ0v) is 14.7. The average molecular weight is 385 g/mol. The molecule has 3 aromatic rings. The van der Waals surface area contributed by atoms with E-state index in [1.165, 1.54) is 0 Å². The summed E-state index contributed by atoms with van der Waals surface area (Å²) in [4.78, 5) is 8.71. The van der Waals surface area contributed by atoms with Crippen LogP contribution in [0.4, 0.5) is 23.1 Å². The van der Waals surface area contributed by atoms with Crippen molar-refractivity contribution < 1.29 is 4.74 Å². The van der Waals surface area contributed by atoms with Gasteiger partial charge in [-0.3, -0.25) is 0 Å². The van der Waals surface area contributed by atoms with Crippen LogP contribution in [0.15, 0.2) is 65.3 Å². The second-order valence-corrected chi connectivity index (χ2v) is 5.90. The Kier molecular flexibility index (Phi) is 5.28. The van der Waals surface area contributed by atoms with E-state index in [4.69, 9.17) is 4.74 Å². The Hall–Kier alpha value is -2.60. The van der Waals surface area contributed by atoms with Crippen molar-refractivity contribution in [2.24, 2.45) is 0 Å². The quantitative estimate of drug-likeness (QED) is 0.617. The number of ether oxygens (including phenoxy) is 1. The van der Waals surface area contributed by atoms with Crippen LogP contribution in [0.2, 0.25) is 0 Å². The van der Waals surface area contributed by atoms with Crippen molar-refractivity contribution in [2.45, 2.75) is 6.92 Å². The molecule has 2 aromatic carbocycles. The fraction of sp³-hybridized carbons (Fsp3) is 0.111. The lowest BCUT2D eigenvalue weighted by atomic mass is 10.3. The molecular weight excluding hydrogens is 368 g/mol. The van der Waals surface area contributed by atoms with E-state index in [9.17, 15) is 0 Å². The van der Waals surface area contributed by atoms with Gasteiger partial charge in [0.25, 0.3) is 0 Å². The molecule has 0 spiro atoms. The van der Waals surface area contributed by atoms with E-state index < -0.39 is 0 Å². The van der Waals surface area contributed by atoms with Crippen LogP contribution >= 0.6 is 15.9 Å². The summed E-state index contributed by atoms with van der Waals surface area (Å²) in [6.07, 6.45) is 1.71. The van der Waals surface area contributed by atoms with Crippen molar-refractivity contribution in [3.63, 3.8) is 0 Å². The monoisotopic (exact) mass is 384 g/mol. The van der Waals surface area contributed by atoms with Gasteiger partial charge in [0.2, 0.25) is 5.95 Å². The van der Waals surface area contributed by atoms with Gasteiger partial charge in [-0.25, -0.2) is 4.98 Å². The highest BCUT2D eigenvalue weighted by Gasteiger charge is 2.02. The van der Waals surface area contributed by atoms with Crippen molar-refractivity contribution in [1.82, 2.24) is 9.97 Å². The Morgan fingerprint density at radius 1 is 0.917 bits per heavy atom. The molecule has 1 heterocycles. The van der Waals surface area contributed by atoms with Gasteiger partial charge in [-0.1, -0.05) is 15.9 Å². The van der Waals surface area contributed by atoms with Crippen LogP contribution in [-0.4, -0.2) is 16.6 Å². The maximum Gasteiger partial charge on any atom is 0.229 e. The Morgan fingerprint density at radius 2 is 1.58 bits per heavy atom. The van der Waals surface area contributed by atoms with Gasteiger partial charge in [0.15, 0.2) is 0 Å². The van der Waals surface area contributed by atoms with E-state index in [0.717, 1.165) is 21.6 Å². The highest BCUT2D eigenvalue weighted by Crippen LogP contribution is 2.21. The van der Waals surface area contributed by atoms with Crippen molar-refractivity contribution >= 4 is 39.1 Å². The average Bonchev–Trinajstić information content (AvgIpc) is 2.59. The summed E-state index contributed by atoms with van der Waals surface area (Å²) >= 11 is 3.42. The lowest BCUT2D eigenvalue weighted by Crippen LogP contribution is -2.00. The van der Waals surface area contributed by atoms with Gasteiger partial charge < -0.3 is 15.4 Å². The number of hydrogen-bond acceptors (Lipinski definition) is 5. The van der Waals surface area contributed by atoms with Gasteiger partial charge in [0.05, 0.1) is 6.61 Å². The number of anilines is 4. The lowest BCUT2D eigenvalue weighted by molar-refractivity contribution is 0.340. The van der Waals surface area contributed by atoms with Crippen molar-refractivity contribution in [2.75, 3.05) is 17.2 Å². The standard InChI is InChI=1S/C18H17BrN4O/c1-2-24-16-9-7-14(8-10-16)21-17-11-12-20-18(23-17)22-15-5-3-13(19)4-6-15/h3-12H,2H2,1H3,(H2,20,21,22,23). The second-order valence-electron chi connectivity index (χ2n) is 4.98. The van der Waals surface area contributed by atoms with Crippen molar-refractivity contribution in [1.29, 1.82) is 0 Å². The summed E-state index contributed by atoms with van der Waals surface area (Å²) in [5, 5.41) is 6.43. The first kappa shape index (κ1) is 16.3. The molecule has 3 rings (SSSR count). The molecule has 24 heavy (non-hydrogen) atoms. The minimum Gasteiger partial charge on any atom is -0.494 e. The van der Waals surface area contributed by atoms with Gasteiger partial charge >= 0.3 is 0 Å². The number of halogens is 1. The lowest BCUT2D eigenvalue weighted by Gasteiger charge is -2.09. The van der Waals surface area contributed by atoms with Gasteiger partial charge in [0.1, 0.15) is 11.6 Å². The van der Waals surface area contributed by atoms with Crippen LogP contribution < -0.4 is 15.4 Å². The molecule has 0 fully saturated rings. The van der Waals surface area contributed by atoms with E-state index >= 15 is 0 Å². The summed E-state index contributed by atoms with van der Waals surface area (Å²) in [6, 6.07) is 17.4. The third kappa shape index (κ3) is 4.45. The summed E-state index contributed by atoms with van der Waals surface area (Å²) < 4.78 is 6.47. The molecule has 0 atom stereocenters. The van der Waals surface area contributed by atoms with Gasteiger partial charge in [-0.2, -0.15) is 4.98 Å². The fourth-order valence-corrected chi connectivity index (χ4v) is 2.36. The van der Waals surface area contributed by atoms with Gasteiger partial charge in [-0.15, -0.1) is 0 Å². The molecule has 0 saturated heterocycles. The van der Waals surface area contributed by atoms with E-state index in [-0.39, 0.29) is 0 Å². The molecule has 0 aliphatic rings. The molecule has 0 amide bonds. The Labute approximate surface area is 149 Å². The predicted molar refractivity (Wildman–Crippen MR) is 100 cm³/mol. The molecule has 6 heteroatoms. The van der Waals surface area contributed by atoms with E-state index in [0.29, 0.717) is 18.4 Å². The SMILES string of the molecule is CCOc1ccc(Nc2ccnc(Nc3ccc(Br)cc3)n2)cc1. The number of hydrogen-bond donors (Lipinski definition) is 2. The number of benzene rings is 2. The molecule has 0 aliphatic heterocycles. The van der Waals surface area contributed by atoms with Crippen LogP contribution in [0.25, 0.3) is 0 Å². The third-order valence-electron chi connectivity index (χ3n) is 3.19. The fourth-order valence-electron chi connectivity index (χ4n) is 2.10. The molecular formula is C18H17BrN4O. The number of nitrogens with one attached hydrogen (secondary N) is 2. The molecule has 0 bridgehead atoms. The number of nitrogens with zero attached hydrogens (tertiary/aromatic N) is 2. The highest BCUT2D eigenvalue weighted by molar-refractivity contribution is 9.10. The topological polar surface area (TPSA) is 59.1 Å². The summed E-state index contributed by atoms with van der Waals surface area (Å²) in [5.41, 5.74) is 1.86. The van der Waals surface area contributed by atoms with Gasteiger partial charge in [-0.05, 0) is 61.5 Å². The maximum absolute atomic E-state index is 5.44. The number of aromatic nitrogens is 2. The first-order chi connectivity index (χ1) is 11.7. The molecule has 0 radical (unpaired) electrons. The largest absolute Gasteiger partial charge is 0.494 e. The van der Waals surface area contributed by atoms with E-state index in [1.807, 2.05) is 61.5 Å². The maximum atomic E-state index is 5.44. The number of rotatable bonds is 6. The first-order valence-electron chi connectivity index (χ1n) is 7.58. The van der Waals surface area contributed by atoms with E-state index in [2.05, 4.69) is 36.5 Å². The van der Waals surface area contributed by atoms with Crippen molar-refractivity contribution in [3.8, 4) is 5.75 Å².